The number of carbonyl (C=O) groups is 2. The second-order valence-corrected chi connectivity index (χ2v) is 6.28. The Morgan fingerprint density at radius 3 is 2.46 bits per heavy atom. The van der Waals surface area contributed by atoms with Gasteiger partial charge in [-0.05, 0) is 35.9 Å². The van der Waals surface area contributed by atoms with E-state index in [9.17, 15) is 19.5 Å². The number of rotatable bonds is 3. The number of aromatic carboxylic acids is 1. The monoisotopic (exact) mass is 373 g/mol. The number of fused-ring (bicyclic) bond motifs is 2. The summed E-state index contributed by atoms with van der Waals surface area (Å²) in [7, 11) is 1.48. The number of carboxylic acids is 1. The summed E-state index contributed by atoms with van der Waals surface area (Å²) < 4.78 is 5.86. The third-order valence-corrected chi connectivity index (χ3v) is 4.61. The molecule has 1 heterocycles. The molecule has 2 aliphatic rings. The van der Waals surface area contributed by atoms with Crippen LogP contribution < -0.4 is 10.7 Å². The maximum atomic E-state index is 12.0. The molecule has 0 saturated carbocycles. The summed E-state index contributed by atoms with van der Waals surface area (Å²) in [5.41, 5.74) is 2.26. The van der Waals surface area contributed by atoms with Crippen molar-refractivity contribution in [3.05, 3.63) is 82.0 Å². The van der Waals surface area contributed by atoms with E-state index in [-0.39, 0.29) is 22.5 Å². The van der Waals surface area contributed by atoms with Gasteiger partial charge in [0.2, 0.25) is 0 Å². The lowest BCUT2D eigenvalue weighted by Gasteiger charge is -2.17. The maximum absolute atomic E-state index is 12.0. The zero-order valence-corrected chi connectivity index (χ0v) is 14.9. The predicted molar refractivity (Wildman–Crippen MR) is 105 cm³/mol. The first kappa shape index (κ1) is 17.5. The fraction of sp³-hybridized carbons (Fsp3) is 0.0455. The number of hydrogen-bond acceptors (Lipinski definition) is 4. The second kappa shape index (κ2) is 6.66. The van der Waals surface area contributed by atoms with Gasteiger partial charge >= 0.3 is 5.97 Å². The number of nitrogens with one attached hydrogen (secondary N) is 1. The topological polar surface area (TPSA) is 96.6 Å². The zero-order chi connectivity index (χ0) is 19.8. The minimum absolute atomic E-state index is 0.00930. The molecule has 6 nitrogen and oxygen atoms in total. The Balaban J connectivity index is 2.12. The Morgan fingerprint density at radius 2 is 1.71 bits per heavy atom. The smallest absolute Gasteiger partial charge is 0.336 e. The van der Waals surface area contributed by atoms with Gasteiger partial charge in [0.05, 0.1) is 5.56 Å². The molecular weight excluding hydrogens is 358 g/mol. The third-order valence-electron chi connectivity index (χ3n) is 4.61. The number of amides is 1. The molecule has 4 rings (SSSR count). The molecule has 0 aromatic heterocycles. The Bertz CT molecular complexity index is 1270. The van der Waals surface area contributed by atoms with Crippen LogP contribution >= 0.6 is 0 Å². The van der Waals surface area contributed by atoms with Crippen LogP contribution in [0.3, 0.4) is 0 Å². The average molecular weight is 373 g/mol. The van der Waals surface area contributed by atoms with E-state index in [1.54, 1.807) is 30.3 Å². The van der Waals surface area contributed by atoms with Gasteiger partial charge in [-0.3, -0.25) is 9.59 Å². The van der Waals surface area contributed by atoms with E-state index in [2.05, 4.69) is 5.32 Å². The van der Waals surface area contributed by atoms with Crippen LogP contribution in [0.2, 0.25) is 0 Å². The molecule has 0 atom stereocenters. The second-order valence-electron chi connectivity index (χ2n) is 6.28. The summed E-state index contributed by atoms with van der Waals surface area (Å²) in [5.74, 6) is -1.16. The minimum atomic E-state index is -1.15. The van der Waals surface area contributed by atoms with Crippen molar-refractivity contribution >= 4 is 22.8 Å². The van der Waals surface area contributed by atoms with E-state index in [4.69, 9.17) is 4.42 Å². The van der Waals surface area contributed by atoms with Crippen LogP contribution in [0, 0.1) is 0 Å². The Morgan fingerprint density at radius 1 is 0.964 bits per heavy atom. The normalized spacial score (nSPS) is 10.9. The summed E-state index contributed by atoms with van der Waals surface area (Å²) in [6.07, 6.45) is 0. The Labute approximate surface area is 159 Å². The van der Waals surface area contributed by atoms with E-state index in [1.807, 2.05) is 12.1 Å². The molecule has 0 unspecified atom stereocenters. The molecule has 6 heteroatoms. The van der Waals surface area contributed by atoms with Crippen molar-refractivity contribution in [1.29, 1.82) is 0 Å². The van der Waals surface area contributed by atoms with Crippen molar-refractivity contribution in [3.8, 4) is 22.5 Å². The van der Waals surface area contributed by atoms with Crippen molar-refractivity contribution in [2.24, 2.45) is 0 Å². The Kier molecular flexibility index (Phi) is 4.16. The third kappa shape index (κ3) is 2.81. The molecule has 0 radical (unpaired) electrons. The lowest BCUT2D eigenvalue weighted by atomic mass is 9.90. The molecule has 1 aliphatic carbocycles. The van der Waals surface area contributed by atoms with E-state index in [1.165, 1.54) is 25.2 Å². The van der Waals surface area contributed by atoms with Gasteiger partial charge in [0.25, 0.3) is 5.91 Å². The van der Waals surface area contributed by atoms with Crippen LogP contribution in [0.1, 0.15) is 20.7 Å². The number of carbonyl (C=O) groups excluding carboxylic acids is 1. The number of carboxylic acid groups (broad SMARTS) is 1. The van der Waals surface area contributed by atoms with Crippen LogP contribution in [0.5, 0.6) is 0 Å². The minimum Gasteiger partial charge on any atom is -0.478 e. The number of para-hydroxylation sites is 1. The summed E-state index contributed by atoms with van der Waals surface area (Å²) in [6, 6.07) is 16.2. The molecule has 28 heavy (non-hydrogen) atoms. The highest BCUT2D eigenvalue weighted by Gasteiger charge is 2.22. The SMILES string of the molecule is CNC(=O)c1ccc(-c2c3ccc(=O)cc-3oc3ccccc23)c(C(=O)O)c1. The quantitative estimate of drug-likeness (QED) is 0.535. The van der Waals surface area contributed by atoms with Crippen LogP contribution in [0.4, 0.5) is 0 Å². The van der Waals surface area contributed by atoms with Crippen LogP contribution in [0.25, 0.3) is 33.4 Å². The summed E-state index contributed by atoms with van der Waals surface area (Å²) in [4.78, 5) is 35.7. The van der Waals surface area contributed by atoms with Crippen LogP contribution in [0.15, 0.2) is 69.9 Å². The summed E-state index contributed by atoms with van der Waals surface area (Å²) in [6.45, 7) is 0. The van der Waals surface area contributed by atoms with Crippen molar-refractivity contribution in [2.75, 3.05) is 7.05 Å². The van der Waals surface area contributed by atoms with Crippen LogP contribution in [-0.2, 0) is 0 Å². The van der Waals surface area contributed by atoms with Crippen molar-refractivity contribution in [3.63, 3.8) is 0 Å². The van der Waals surface area contributed by atoms with E-state index >= 15 is 0 Å². The molecule has 1 amide bonds. The van der Waals surface area contributed by atoms with Gasteiger partial charge < -0.3 is 14.8 Å². The van der Waals surface area contributed by atoms with E-state index in [0.29, 0.717) is 33.4 Å². The molecule has 1 aliphatic heterocycles. The molecule has 2 N–H and O–H groups in total. The van der Waals surface area contributed by atoms with Gasteiger partial charge in [0, 0.05) is 35.2 Å². The largest absolute Gasteiger partial charge is 0.478 e. The molecule has 0 saturated heterocycles. The molecule has 138 valence electrons. The highest BCUT2D eigenvalue weighted by atomic mass is 16.4. The highest BCUT2D eigenvalue weighted by Crippen LogP contribution is 2.41. The first-order chi connectivity index (χ1) is 13.5. The summed E-state index contributed by atoms with van der Waals surface area (Å²) in [5, 5.41) is 13.0. The standard InChI is InChI=1S/C22H15NO5/c1-23-21(25)12-6-8-14(17(10-12)22(26)27)20-15-4-2-3-5-18(15)28-19-11-13(24)7-9-16(19)20/h2-11H,1H3,(H,23,25)(H,26,27). The average Bonchev–Trinajstić information content (AvgIpc) is 2.70. The first-order valence-electron chi connectivity index (χ1n) is 8.55. The molecule has 0 bridgehead atoms. The van der Waals surface area contributed by atoms with Crippen molar-refractivity contribution in [2.45, 2.75) is 0 Å². The van der Waals surface area contributed by atoms with E-state index in [0.717, 1.165) is 0 Å². The van der Waals surface area contributed by atoms with Crippen molar-refractivity contribution in [1.82, 2.24) is 5.32 Å². The maximum Gasteiger partial charge on any atom is 0.336 e. The molecule has 0 fully saturated rings. The molecular formula is C22H15NO5. The summed E-state index contributed by atoms with van der Waals surface area (Å²) >= 11 is 0. The first-order valence-corrected chi connectivity index (χ1v) is 8.55. The number of hydrogen-bond donors (Lipinski definition) is 2. The van der Waals surface area contributed by atoms with Crippen molar-refractivity contribution < 1.29 is 19.1 Å². The van der Waals surface area contributed by atoms with Gasteiger partial charge in [-0.25, -0.2) is 4.79 Å². The zero-order valence-electron chi connectivity index (χ0n) is 14.9. The van der Waals surface area contributed by atoms with Gasteiger partial charge in [-0.1, -0.05) is 24.3 Å². The van der Waals surface area contributed by atoms with Gasteiger partial charge in [-0.15, -0.1) is 0 Å². The molecule has 0 spiro atoms. The van der Waals surface area contributed by atoms with E-state index < -0.39 is 5.97 Å². The van der Waals surface area contributed by atoms with Gasteiger partial charge in [-0.2, -0.15) is 0 Å². The molecule has 2 aromatic carbocycles. The Hall–Kier alpha value is -3.93. The molecule has 2 aromatic rings. The predicted octanol–water partition coefficient (Wildman–Crippen LogP) is 3.62. The van der Waals surface area contributed by atoms with Crippen LogP contribution in [-0.4, -0.2) is 24.0 Å². The lowest BCUT2D eigenvalue weighted by Crippen LogP contribution is -2.18. The van der Waals surface area contributed by atoms with Gasteiger partial charge in [0.15, 0.2) is 5.43 Å². The highest BCUT2D eigenvalue weighted by molar-refractivity contribution is 6.08. The lowest BCUT2D eigenvalue weighted by molar-refractivity contribution is 0.0697. The van der Waals surface area contributed by atoms with Gasteiger partial charge in [0.1, 0.15) is 11.3 Å². The number of benzene rings is 3. The fourth-order valence-corrected chi connectivity index (χ4v) is 3.33. The fourth-order valence-electron chi connectivity index (χ4n) is 3.33.